The zero-order valence-corrected chi connectivity index (χ0v) is 11.6. The molecule has 0 bridgehead atoms. The first-order valence-corrected chi connectivity index (χ1v) is 7.61. The van der Waals surface area contributed by atoms with Crippen LogP contribution in [0.5, 0.6) is 0 Å². The van der Waals surface area contributed by atoms with Gasteiger partial charge in [0.1, 0.15) is 0 Å². The summed E-state index contributed by atoms with van der Waals surface area (Å²) in [5.41, 5.74) is 1.46. The van der Waals surface area contributed by atoms with E-state index in [-0.39, 0.29) is 5.91 Å². The average Bonchev–Trinajstić information content (AvgIpc) is 3.04. The smallest absolute Gasteiger partial charge is 0.274 e. The van der Waals surface area contributed by atoms with Crippen LogP contribution in [0.1, 0.15) is 36.2 Å². The first-order chi connectivity index (χ1) is 9.34. The first-order valence-electron chi connectivity index (χ1n) is 6.73. The Kier molecular flexibility index (Phi) is 3.64. The van der Waals surface area contributed by atoms with Gasteiger partial charge in [0, 0.05) is 13.1 Å². The highest BCUT2D eigenvalue weighted by atomic mass is 32.1. The van der Waals surface area contributed by atoms with Crippen LogP contribution in [0.15, 0.2) is 23.6 Å². The van der Waals surface area contributed by atoms with E-state index in [1.54, 1.807) is 11.3 Å². The molecule has 100 valence electrons. The van der Waals surface area contributed by atoms with E-state index in [9.17, 15) is 4.79 Å². The lowest BCUT2D eigenvalue weighted by atomic mass is 10.2. The van der Waals surface area contributed by atoms with E-state index in [1.807, 2.05) is 28.5 Å². The number of aromatic nitrogens is 2. The molecule has 1 saturated heterocycles. The normalized spacial score (nSPS) is 16.3. The average molecular weight is 275 g/mol. The molecular formula is C14H17N3OS. The minimum atomic E-state index is 0.0564. The molecule has 3 rings (SSSR count). The SMILES string of the molecule is O=C(c1cc(-c2cccs2)[nH]n1)N1CCCCCC1. The van der Waals surface area contributed by atoms with Gasteiger partial charge in [-0.1, -0.05) is 18.9 Å². The molecule has 1 aliphatic heterocycles. The second kappa shape index (κ2) is 5.57. The van der Waals surface area contributed by atoms with Gasteiger partial charge in [0.15, 0.2) is 5.69 Å². The fraction of sp³-hybridized carbons (Fsp3) is 0.429. The third-order valence-electron chi connectivity index (χ3n) is 3.48. The third kappa shape index (κ3) is 2.71. The molecule has 1 amide bonds. The number of likely N-dealkylation sites (tertiary alicyclic amines) is 1. The van der Waals surface area contributed by atoms with Gasteiger partial charge in [-0.25, -0.2) is 0 Å². The van der Waals surface area contributed by atoms with Crippen LogP contribution in [0.3, 0.4) is 0 Å². The van der Waals surface area contributed by atoms with Crippen LogP contribution in [0, 0.1) is 0 Å². The maximum Gasteiger partial charge on any atom is 0.274 e. The Labute approximate surface area is 116 Å². The predicted octanol–water partition coefficient (Wildman–Crippen LogP) is 3.15. The van der Waals surface area contributed by atoms with Gasteiger partial charge < -0.3 is 4.90 Å². The number of thiophene rings is 1. The van der Waals surface area contributed by atoms with E-state index < -0.39 is 0 Å². The van der Waals surface area contributed by atoms with Crippen molar-refractivity contribution < 1.29 is 4.79 Å². The van der Waals surface area contributed by atoms with Crippen molar-refractivity contribution in [3.05, 3.63) is 29.3 Å². The maximum atomic E-state index is 12.4. The fourth-order valence-corrected chi connectivity index (χ4v) is 3.12. The zero-order valence-electron chi connectivity index (χ0n) is 10.8. The molecule has 0 aliphatic carbocycles. The molecule has 0 atom stereocenters. The zero-order chi connectivity index (χ0) is 13.1. The molecular weight excluding hydrogens is 258 g/mol. The molecule has 1 N–H and O–H groups in total. The fourth-order valence-electron chi connectivity index (χ4n) is 2.43. The number of amides is 1. The van der Waals surface area contributed by atoms with Gasteiger partial charge in [0.25, 0.3) is 5.91 Å². The van der Waals surface area contributed by atoms with E-state index in [1.165, 1.54) is 12.8 Å². The van der Waals surface area contributed by atoms with Crippen molar-refractivity contribution in [2.24, 2.45) is 0 Å². The highest BCUT2D eigenvalue weighted by Gasteiger charge is 2.20. The summed E-state index contributed by atoms with van der Waals surface area (Å²) in [5, 5.41) is 9.15. The number of nitrogens with one attached hydrogen (secondary N) is 1. The lowest BCUT2D eigenvalue weighted by molar-refractivity contribution is 0.0755. The van der Waals surface area contributed by atoms with E-state index in [2.05, 4.69) is 10.2 Å². The number of aromatic amines is 1. The lowest BCUT2D eigenvalue weighted by Gasteiger charge is -2.18. The molecule has 0 radical (unpaired) electrons. The van der Waals surface area contributed by atoms with Gasteiger partial charge >= 0.3 is 0 Å². The molecule has 1 fully saturated rings. The Morgan fingerprint density at radius 2 is 2.05 bits per heavy atom. The number of rotatable bonds is 2. The quantitative estimate of drug-likeness (QED) is 0.915. The van der Waals surface area contributed by atoms with E-state index in [0.717, 1.165) is 36.5 Å². The minimum Gasteiger partial charge on any atom is -0.337 e. The number of hydrogen-bond acceptors (Lipinski definition) is 3. The van der Waals surface area contributed by atoms with Gasteiger partial charge in [-0.15, -0.1) is 11.3 Å². The summed E-state index contributed by atoms with van der Waals surface area (Å²) < 4.78 is 0. The highest BCUT2D eigenvalue weighted by Crippen LogP contribution is 2.23. The predicted molar refractivity (Wildman–Crippen MR) is 76.3 cm³/mol. The topological polar surface area (TPSA) is 49.0 Å². The van der Waals surface area contributed by atoms with Crippen LogP contribution in [0.25, 0.3) is 10.6 Å². The molecule has 0 aromatic carbocycles. The second-order valence-corrected chi connectivity index (χ2v) is 5.80. The number of carbonyl (C=O) groups is 1. The van der Waals surface area contributed by atoms with Crippen molar-refractivity contribution in [1.29, 1.82) is 0 Å². The maximum absolute atomic E-state index is 12.4. The van der Waals surface area contributed by atoms with Crippen molar-refractivity contribution in [3.63, 3.8) is 0 Å². The Hall–Kier alpha value is -1.62. The Bertz CT molecular complexity index is 539. The molecule has 2 aromatic rings. The van der Waals surface area contributed by atoms with Crippen LogP contribution >= 0.6 is 11.3 Å². The van der Waals surface area contributed by atoms with Crippen LogP contribution in [-0.4, -0.2) is 34.1 Å². The van der Waals surface area contributed by atoms with Crippen molar-refractivity contribution in [3.8, 4) is 10.6 Å². The molecule has 19 heavy (non-hydrogen) atoms. The molecule has 1 aliphatic rings. The number of nitrogens with zero attached hydrogens (tertiary/aromatic N) is 2. The number of carbonyl (C=O) groups excluding carboxylic acids is 1. The molecule has 4 nitrogen and oxygen atoms in total. The summed E-state index contributed by atoms with van der Waals surface area (Å²) in [6.07, 6.45) is 4.66. The van der Waals surface area contributed by atoms with Crippen LogP contribution in [0.4, 0.5) is 0 Å². The van der Waals surface area contributed by atoms with Crippen molar-refractivity contribution >= 4 is 17.2 Å². The molecule has 0 unspecified atom stereocenters. The largest absolute Gasteiger partial charge is 0.337 e. The Balaban J connectivity index is 1.76. The monoisotopic (exact) mass is 275 g/mol. The van der Waals surface area contributed by atoms with Crippen molar-refractivity contribution in [1.82, 2.24) is 15.1 Å². The number of hydrogen-bond donors (Lipinski definition) is 1. The van der Waals surface area contributed by atoms with Gasteiger partial charge in [0.05, 0.1) is 10.6 Å². The third-order valence-corrected chi connectivity index (χ3v) is 4.38. The van der Waals surface area contributed by atoms with Crippen molar-refractivity contribution in [2.45, 2.75) is 25.7 Å². The summed E-state index contributed by atoms with van der Waals surface area (Å²) in [6, 6.07) is 5.88. The van der Waals surface area contributed by atoms with Gasteiger partial charge in [0.2, 0.25) is 0 Å². The summed E-state index contributed by atoms with van der Waals surface area (Å²) in [5.74, 6) is 0.0564. The summed E-state index contributed by atoms with van der Waals surface area (Å²) in [6.45, 7) is 1.72. The minimum absolute atomic E-state index is 0.0564. The number of H-pyrrole nitrogens is 1. The van der Waals surface area contributed by atoms with E-state index >= 15 is 0 Å². The molecule has 0 spiro atoms. The van der Waals surface area contributed by atoms with E-state index in [0.29, 0.717) is 5.69 Å². The summed E-state index contributed by atoms with van der Waals surface area (Å²) in [4.78, 5) is 15.4. The Morgan fingerprint density at radius 3 is 2.74 bits per heavy atom. The Morgan fingerprint density at radius 1 is 1.26 bits per heavy atom. The van der Waals surface area contributed by atoms with Crippen LogP contribution < -0.4 is 0 Å². The van der Waals surface area contributed by atoms with Gasteiger partial charge in [-0.2, -0.15) is 5.10 Å². The summed E-state index contributed by atoms with van der Waals surface area (Å²) >= 11 is 1.64. The first kappa shape index (κ1) is 12.4. The highest BCUT2D eigenvalue weighted by molar-refractivity contribution is 7.13. The lowest BCUT2D eigenvalue weighted by Crippen LogP contribution is -2.32. The van der Waals surface area contributed by atoms with Gasteiger partial charge in [-0.3, -0.25) is 9.89 Å². The molecule has 5 heteroatoms. The molecule has 2 aromatic heterocycles. The molecule has 3 heterocycles. The standard InChI is InChI=1S/C14H17N3OS/c18-14(17-7-3-1-2-4-8-17)12-10-11(15-16-12)13-6-5-9-19-13/h5-6,9-10H,1-4,7-8H2,(H,15,16). The van der Waals surface area contributed by atoms with Crippen LogP contribution in [0.2, 0.25) is 0 Å². The van der Waals surface area contributed by atoms with Gasteiger partial charge in [-0.05, 0) is 30.4 Å². The molecule has 0 saturated carbocycles. The second-order valence-electron chi connectivity index (χ2n) is 4.85. The van der Waals surface area contributed by atoms with Crippen molar-refractivity contribution in [2.75, 3.05) is 13.1 Å². The van der Waals surface area contributed by atoms with E-state index in [4.69, 9.17) is 0 Å². The summed E-state index contributed by atoms with van der Waals surface area (Å²) in [7, 11) is 0. The van der Waals surface area contributed by atoms with Crippen LogP contribution in [-0.2, 0) is 0 Å².